The van der Waals surface area contributed by atoms with E-state index in [9.17, 15) is 15.3 Å². The molecular weight excluding hydrogens is 358 g/mol. The minimum Gasteiger partial charge on any atom is -0.317 e. The van der Waals surface area contributed by atoms with E-state index >= 15 is 0 Å². The monoisotopic (exact) mass is 380 g/mol. The second-order valence-corrected chi connectivity index (χ2v) is 6.94. The van der Waals surface area contributed by atoms with E-state index < -0.39 is 22.8 Å². The molecule has 28 heavy (non-hydrogen) atoms. The first-order valence-electron chi connectivity index (χ1n) is 8.79. The van der Waals surface area contributed by atoms with Crippen LogP contribution in [0.1, 0.15) is 19.8 Å². The molecule has 0 aromatic heterocycles. The largest absolute Gasteiger partial charge is 0.410 e. The Morgan fingerprint density at radius 1 is 1.14 bits per heavy atom. The average molecular weight is 380 g/mol. The molecule has 3 rings (SSSR count). The normalized spacial score (nSPS) is 27.5. The van der Waals surface area contributed by atoms with Gasteiger partial charge in [0.1, 0.15) is 0 Å². The molecule has 8 heteroatoms. The highest BCUT2D eigenvalue weighted by atomic mass is 16.7. The molecule has 1 aromatic carbocycles. The number of nitrogens with one attached hydrogen (secondary N) is 3. The van der Waals surface area contributed by atoms with E-state index in [2.05, 4.69) is 27.8 Å². The van der Waals surface area contributed by atoms with E-state index in [1.165, 1.54) is 14.2 Å². The van der Waals surface area contributed by atoms with Crippen molar-refractivity contribution in [2.45, 2.75) is 25.7 Å². The number of methoxy groups -OCH3 is 2. The Morgan fingerprint density at radius 2 is 1.82 bits per heavy atom. The number of amides is 2. The van der Waals surface area contributed by atoms with E-state index in [1.54, 1.807) is 24.3 Å². The summed E-state index contributed by atoms with van der Waals surface area (Å²) >= 11 is 0. The Balaban J connectivity index is 2.04. The van der Waals surface area contributed by atoms with Crippen LogP contribution in [0, 0.1) is 33.5 Å². The summed E-state index contributed by atoms with van der Waals surface area (Å²) in [5, 5.41) is 25.8. The molecule has 0 unspecified atom stereocenters. The summed E-state index contributed by atoms with van der Waals surface area (Å²) in [5.41, 5.74) is -1.20. The summed E-state index contributed by atoms with van der Waals surface area (Å²) in [6, 6.07) is 12.9. The highest BCUT2D eigenvalue weighted by molar-refractivity contribution is 6.05. The van der Waals surface area contributed by atoms with Gasteiger partial charge in [-0.3, -0.25) is 5.32 Å². The Hall–Kier alpha value is -3.20. The number of carbonyl (C=O) groups is 1. The fraction of sp³-hybridized carbons (Fsp3) is 0.400. The molecule has 0 saturated carbocycles. The van der Waals surface area contributed by atoms with Crippen molar-refractivity contribution in [3.05, 3.63) is 42.0 Å². The Morgan fingerprint density at radius 3 is 2.39 bits per heavy atom. The summed E-state index contributed by atoms with van der Waals surface area (Å²) in [6.07, 6.45) is 2.41. The van der Waals surface area contributed by atoms with Crippen molar-refractivity contribution in [3.63, 3.8) is 0 Å². The smallest absolute Gasteiger partial charge is 0.317 e. The Bertz CT molecular complexity index is 923. The summed E-state index contributed by atoms with van der Waals surface area (Å²) in [4.78, 5) is 15.6. The van der Waals surface area contributed by atoms with Crippen molar-refractivity contribution in [1.82, 2.24) is 5.32 Å². The molecule has 2 aliphatic rings. The Labute approximate surface area is 163 Å². The molecule has 3 N–H and O–H groups in total. The molecule has 1 heterocycles. The first-order valence-corrected chi connectivity index (χ1v) is 8.79. The zero-order valence-corrected chi connectivity index (χ0v) is 16.0. The molecular formula is C20H22N5O3+. The van der Waals surface area contributed by atoms with Gasteiger partial charge in [0.15, 0.2) is 10.8 Å². The number of rotatable bonds is 3. The van der Waals surface area contributed by atoms with Gasteiger partial charge in [0.2, 0.25) is 0 Å². The maximum Gasteiger partial charge on any atom is 0.410 e. The first kappa shape index (κ1) is 19.6. The quantitative estimate of drug-likeness (QED) is 0.534. The zero-order chi connectivity index (χ0) is 20.4. The van der Waals surface area contributed by atoms with Crippen LogP contribution in [0.2, 0.25) is 0 Å². The van der Waals surface area contributed by atoms with Crippen LogP contribution in [-0.4, -0.2) is 32.0 Å². The van der Waals surface area contributed by atoms with Gasteiger partial charge in [-0.15, -0.1) is 0 Å². The van der Waals surface area contributed by atoms with Crippen molar-refractivity contribution in [3.8, 4) is 12.1 Å². The second kappa shape index (κ2) is 7.08. The van der Waals surface area contributed by atoms with Crippen LogP contribution in [0.5, 0.6) is 0 Å². The number of amidine groups is 1. The third-order valence-corrected chi connectivity index (χ3v) is 5.53. The van der Waals surface area contributed by atoms with Gasteiger partial charge in [0, 0.05) is 26.3 Å². The fourth-order valence-corrected chi connectivity index (χ4v) is 4.11. The maximum atomic E-state index is 12.6. The van der Waals surface area contributed by atoms with Crippen LogP contribution in [0.15, 0.2) is 42.0 Å². The lowest BCUT2D eigenvalue weighted by Gasteiger charge is -2.42. The van der Waals surface area contributed by atoms with E-state index in [4.69, 9.17) is 9.47 Å². The molecule has 0 fully saturated rings. The molecule has 0 radical (unpaired) electrons. The molecule has 1 aliphatic heterocycles. The topological polar surface area (TPSA) is 121 Å². The van der Waals surface area contributed by atoms with Gasteiger partial charge in [0.05, 0.1) is 12.1 Å². The van der Waals surface area contributed by atoms with Crippen LogP contribution >= 0.6 is 0 Å². The molecule has 0 spiro atoms. The van der Waals surface area contributed by atoms with Crippen molar-refractivity contribution in [1.29, 1.82) is 10.5 Å². The minimum absolute atomic E-state index is 0.182. The Kier molecular flexibility index (Phi) is 4.95. The molecule has 0 saturated heterocycles. The van der Waals surface area contributed by atoms with Crippen molar-refractivity contribution >= 4 is 17.6 Å². The van der Waals surface area contributed by atoms with E-state index in [-0.39, 0.29) is 18.7 Å². The summed E-state index contributed by atoms with van der Waals surface area (Å²) in [7, 11) is 2.80. The number of fused-ring (bicyclic) bond motifs is 1. The number of benzene rings is 1. The summed E-state index contributed by atoms with van der Waals surface area (Å²) in [6.45, 7) is 1.89. The van der Waals surface area contributed by atoms with Crippen molar-refractivity contribution in [2.24, 2.45) is 10.8 Å². The van der Waals surface area contributed by atoms with Crippen LogP contribution < -0.4 is 15.6 Å². The highest BCUT2D eigenvalue weighted by Crippen LogP contribution is 2.56. The van der Waals surface area contributed by atoms with Crippen molar-refractivity contribution < 1.29 is 19.3 Å². The van der Waals surface area contributed by atoms with Crippen LogP contribution in [-0.2, 0) is 9.47 Å². The molecule has 2 atom stereocenters. The van der Waals surface area contributed by atoms with E-state index in [0.717, 1.165) is 5.57 Å². The standard InChI is InChI=1S/C20H21N5O3/c1-14-9-10-19(13-22)18(11-14,12-21)16(25-20(19,27-2)28-3)24-17(26)23-15-7-5-4-6-8-15/h4-9H,10-11H2,1-3H3,(H2,23,24,25,26)/p+1/t18-,19-/m1/s1. The number of hydrogen-bond acceptors (Lipinski definition) is 5. The number of para-hydroxylation sites is 1. The number of allylic oxidation sites excluding steroid dienone is 2. The number of urea groups is 1. The van der Waals surface area contributed by atoms with E-state index in [1.807, 2.05) is 19.1 Å². The molecule has 1 aromatic rings. The second-order valence-electron chi connectivity index (χ2n) is 6.94. The predicted octanol–water partition coefficient (Wildman–Crippen LogP) is 1.01. The van der Waals surface area contributed by atoms with Crippen LogP contribution in [0.25, 0.3) is 0 Å². The van der Waals surface area contributed by atoms with Crippen molar-refractivity contribution in [2.75, 3.05) is 19.5 Å². The third-order valence-electron chi connectivity index (χ3n) is 5.53. The number of anilines is 1. The number of hydrogen-bond donors (Lipinski definition) is 3. The molecule has 1 aliphatic carbocycles. The van der Waals surface area contributed by atoms with Gasteiger partial charge < -0.3 is 9.47 Å². The first-order chi connectivity index (χ1) is 13.4. The minimum atomic E-state index is -1.58. The summed E-state index contributed by atoms with van der Waals surface area (Å²) < 4.78 is 11.2. The van der Waals surface area contributed by atoms with Gasteiger partial charge in [-0.05, 0) is 25.5 Å². The van der Waals surface area contributed by atoms with Gasteiger partial charge >= 0.3 is 11.9 Å². The number of carbonyl (C=O) groups excluding carboxylic acids is 1. The maximum absolute atomic E-state index is 12.6. The van der Waals surface area contributed by atoms with E-state index in [0.29, 0.717) is 5.69 Å². The fourth-order valence-electron chi connectivity index (χ4n) is 4.11. The SMILES string of the molecule is COC1(OC)[NH+]=C(NC(=O)Nc2ccccc2)[C@]2(C#N)CC(C)=CC[C@]12C#N. The number of nitriles is 2. The lowest BCUT2D eigenvalue weighted by atomic mass is 9.57. The van der Waals surface area contributed by atoms with Crippen LogP contribution in [0.4, 0.5) is 10.5 Å². The number of nitrogens with zero attached hydrogens (tertiary/aromatic N) is 2. The zero-order valence-electron chi connectivity index (χ0n) is 16.0. The van der Waals surface area contributed by atoms with Gasteiger partial charge in [-0.1, -0.05) is 29.8 Å². The molecule has 2 amide bonds. The average Bonchev–Trinajstić information content (AvgIpc) is 2.95. The molecule has 0 bridgehead atoms. The number of ether oxygens (including phenoxy) is 2. The molecule has 8 nitrogen and oxygen atoms in total. The molecule has 144 valence electrons. The summed E-state index contributed by atoms with van der Waals surface area (Å²) in [5.74, 6) is -1.40. The van der Waals surface area contributed by atoms with Gasteiger partial charge in [-0.25, -0.2) is 9.79 Å². The lowest BCUT2D eigenvalue weighted by Crippen LogP contribution is -2.90. The van der Waals surface area contributed by atoms with Gasteiger partial charge in [-0.2, -0.15) is 15.8 Å². The third kappa shape index (κ3) is 2.58. The lowest BCUT2D eigenvalue weighted by molar-refractivity contribution is -0.691. The van der Waals surface area contributed by atoms with Crippen LogP contribution in [0.3, 0.4) is 0 Å². The highest BCUT2D eigenvalue weighted by Gasteiger charge is 2.78. The predicted molar refractivity (Wildman–Crippen MR) is 100 cm³/mol. The van der Waals surface area contributed by atoms with Gasteiger partial charge in [0.25, 0.3) is 5.84 Å².